The summed E-state index contributed by atoms with van der Waals surface area (Å²) in [6.45, 7) is 3.48. The highest BCUT2D eigenvalue weighted by Crippen LogP contribution is 2.15. The van der Waals surface area contributed by atoms with Crippen molar-refractivity contribution in [3.8, 4) is 0 Å². The average molecular weight is 289 g/mol. The third kappa shape index (κ3) is 2.76. The first-order chi connectivity index (χ1) is 9.81. The Morgan fingerprint density at radius 3 is 2.52 bits per heavy atom. The maximum atomic E-state index is 12.3. The number of nitro groups is 1. The monoisotopic (exact) mass is 289 g/mol. The first-order valence-corrected chi connectivity index (χ1v) is 6.32. The van der Waals surface area contributed by atoms with Crippen molar-refractivity contribution in [3.63, 3.8) is 0 Å². The van der Waals surface area contributed by atoms with Gasteiger partial charge in [0.2, 0.25) is 0 Å². The van der Waals surface area contributed by atoms with Crippen LogP contribution in [-0.4, -0.2) is 19.8 Å². The molecule has 2 heterocycles. The Hall–Kier alpha value is -2.70. The van der Waals surface area contributed by atoms with Crippen molar-refractivity contribution < 1.29 is 9.72 Å². The van der Waals surface area contributed by atoms with Gasteiger partial charge in [0, 0.05) is 36.1 Å². The molecule has 0 spiro atoms. The molecule has 110 valence electrons. The number of aromatic nitrogens is 2. The van der Waals surface area contributed by atoms with Gasteiger partial charge in [-0.05, 0) is 19.9 Å². The molecule has 2 rings (SSSR count). The molecule has 0 aliphatic rings. The van der Waals surface area contributed by atoms with Crippen LogP contribution in [0.1, 0.15) is 21.7 Å². The lowest BCUT2D eigenvalue weighted by molar-refractivity contribution is -0.385. The van der Waals surface area contributed by atoms with Gasteiger partial charge in [-0.25, -0.2) is 0 Å². The summed E-state index contributed by atoms with van der Waals surface area (Å²) < 4.78 is 2.94. The summed E-state index contributed by atoms with van der Waals surface area (Å²) >= 11 is 0. The van der Waals surface area contributed by atoms with Gasteiger partial charge in [0.05, 0.1) is 17.7 Å². The van der Waals surface area contributed by atoms with E-state index in [0.29, 0.717) is 5.56 Å². The fourth-order valence-electron chi connectivity index (χ4n) is 2.13. The Morgan fingerprint density at radius 1 is 1.33 bits per heavy atom. The second-order valence-electron chi connectivity index (χ2n) is 4.88. The number of nitrogens with zero attached hydrogens (tertiary/aromatic N) is 3. The molecule has 0 aromatic carbocycles. The SMILES string of the molecule is Cc1cc(C(=O)Cn2cc([N+](=O)[O-])ccc2=O)c(C)n1C. The number of hydrogen-bond donors (Lipinski definition) is 0. The Morgan fingerprint density at radius 2 is 2.00 bits per heavy atom. The van der Waals surface area contributed by atoms with Gasteiger partial charge < -0.3 is 9.13 Å². The second-order valence-corrected chi connectivity index (χ2v) is 4.88. The summed E-state index contributed by atoms with van der Waals surface area (Å²) in [6, 6.07) is 3.97. The summed E-state index contributed by atoms with van der Waals surface area (Å²) in [4.78, 5) is 34.1. The van der Waals surface area contributed by atoms with Crippen molar-refractivity contribution in [1.29, 1.82) is 0 Å². The minimum Gasteiger partial charge on any atom is -0.351 e. The predicted molar refractivity (Wildman–Crippen MR) is 76.6 cm³/mol. The van der Waals surface area contributed by atoms with Crippen LogP contribution in [0.5, 0.6) is 0 Å². The highest BCUT2D eigenvalue weighted by Gasteiger charge is 2.16. The molecule has 0 N–H and O–H groups in total. The maximum Gasteiger partial charge on any atom is 0.285 e. The van der Waals surface area contributed by atoms with Crippen molar-refractivity contribution in [2.45, 2.75) is 20.4 Å². The van der Waals surface area contributed by atoms with Crippen LogP contribution >= 0.6 is 0 Å². The van der Waals surface area contributed by atoms with Crippen LogP contribution in [0, 0.1) is 24.0 Å². The van der Waals surface area contributed by atoms with Gasteiger partial charge >= 0.3 is 0 Å². The van der Waals surface area contributed by atoms with Crippen molar-refractivity contribution in [2.24, 2.45) is 7.05 Å². The van der Waals surface area contributed by atoms with Crippen LogP contribution in [0.3, 0.4) is 0 Å². The maximum absolute atomic E-state index is 12.3. The molecule has 7 nitrogen and oxygen atoms in total. The second kappa shape index (κ2) is 5.35. The fourth-order valence-corrected chi connectivity index (χ4v) is 2.13. The minimum atomic E-state index is -0.599. The lowest BCUT2D eigenvalue weighted by Gasteiger charge is -2.05. The van der Waals surface area contributed by atoms with E-state index >= 15 is 0 Å². The number of carbonyl (C=O) groups excluding carboxylic acids is 1. The highest BCUT2D eigenvalue weighted by molar-refractivity contribution is 5.97. The molecule has 0 fully saturated rings. The number of rotatable bonds is 4. The quantitative estimate of drug-likeness (QED) is 0.486. The van der Waals surface area contributed by atoms with Gasteiger partial charge in [-0.2, -0.15) is 0 Å². The normalized spacial score (nSPS) is 10.6. The molecule has 0 radical (unpaired) electrons. The van der Waals surface area contributed by atoms with Crippen molar-refractivity contribution >= 4 is 11.5 Å². The van der Waals surface area contributed by atoms with E-state index in [4.69, 9.17) is 0 Å². The number of aryl methyl sites for hydroxylation is 1. The minimum absolute atomic E-state index is 0.217. The van der Waals surface area contributed by atoms with Gasteiger partial charge in [-0.1, -0.05) is 0 Å². The van der Waals surface area contributed by atoms with Gasteiger partial charge in [-0.15, -0.1) is 0 Å². The number of ketones is 1. The molecule has 0 aliphatic carbocycles. The average Bonchev–Trinajstić information content (AvgIpc) is 2.68. The summed E-state index contributed by atoms with van der Waals surface area (Å²) in [5.74, 6) is -0.251. The number of pyridine rings is 1. The van der Waals surface area contributed by atoms with E-state index in [9.17, 15) is 19.7 Å². The zero-order valence-electron chi connectivity index (χ0n) is 12.0. The lowest BCUT2D eigenvalue weighted by atomic mass is 10.1. The Labute approximate surface area is 120 Å². The Bertz CT molecular complexity index is 786. The Balaban J connectivity index is 2.35. The van der Waals surface area contributed by atoms with Gasteiger partial charge in [-0.3, -0.25) is 19.7 Å². The third-order valence-electron chi connectivity index (χ3n) is 3.57. The van der Waals surface area contributed by atoms with Gasteiger partial charge in [0.1, 0.15) is 0 Å². The molecule has 2 aromatic rings. The molecule has 0 saturated heterocycles. The first-order valence-electron chi connectivity index (χ1n) is 6.32. The third-order valence-corrected chi connectivity index (χ3v) is 3.57. The van der Waals surface area contributed by atoms with E-state index in [2.05, 4.69) is 0 Å². The summed E-state index contributed by atoms with van der Waals surface area (Å²) in [7, 11) is 1.85. The van der Waals surface area contributed by atoms with Crippen LogP contribution in [0.4, 0.5) is 5.69 Å². The summed E-state index contributed by atoms with van der Waals surface area (Å²) in [5.41, 5.74) is 1.59. The molecule has 2 aromatic heterocycles. The van der Waals surface area contributed by atoms with Crippen molar-refractivity contribution in [1.82, 2.24) is 9.13 Å². The zero-order valence-corrected chi connectivity index (χ0v) is 12.0. The summed E-state index contributed by atoms with van der Waals surface area (Å²) in [6.07, 6.45) is 1.09. The molecular weight excluding hydrogens is 274 g/mol. The smallest absolute Gasteiger partial charge is 0.285 e. The summed E-state index contributed by atoms with van der Waals surface area (Å²) in [5, 5.41) is 10.7. The molecule has 0 amide bonds. The first kappa shape index (κ1) is 14.7. The molecule has 0 bridgehead atoms. The van der Waals surface area contributed by atoms with E-state index < -0.39 is 10.5 Å². The standard InChI is InChI=1S/C14H15N3O4/c1-9-6-12(10(2)15(9)3)13(18)8-16-7-11(17(20)21)4-5-14(16)19/h4-7H,8H2,1-3H3. The van der Waals surface area contributed by atoms with Crippen LogP contribution in [0.2, 0.25) is 0 Å². The molecule has 0 aliphatic heterocycles. The zero-order chi connectivity index (χ0) is 15.7. The van der Waals surface area contributed by atoms with E-state index in [1.807, 2.05) is 25.5 Å². The van der Waals surface area contributed by atoms with Crippen LogP contribution < -0.4 is 5.56 Å². The Kier molecular flexibility index (Phi) is 3.75. The molecule has 0 unspecified atom stereocenters. The number of hydrogen-bond acceptors (Lipinski definition) is 4. The topological polar surface area (TPSA) is 87.1 Å². The highest BCUT2D eigenvalue weighted by atomic mass is 16.6. The van der Waals surface area contributed by atoms with Crippen LogP contribution in [0.15, 0.2) is 29.2 Å². The van der Waals surface area contributed by atoms with Crippen molar-refractivity contribution in [2.75, 3.05) is 0 Å². The van der Waals surface area contributed by atoms with E-state index in [-0.39, 0.29) is 18.0 Å². The largest absolute Gasteiger partial charge is 0.351 e. The van der Waals surface area contributed by atoms with Gasteiger partial charge in [0.15, 0.2) is 5.78 Å². The predicted octanol–water partition coefficient (Wildman–Crippen LogP) is 1.59. The van der Waals surface area contributed by atoms with E-state index in [1.165, 1.54) is 0 Å². The molecule has 21 heavy (non-hydrogen) atoms. The van der Waals surface area contributed by atoms with E-state index in [0.717, 1.165) is 34.3 Å². The lowest BCUT2D eigenvalue weighted by Crippen LogP contribution is -2.23. The fraction of sp³-hybridized carbons (Fsp3) is 0.286. The molecular formula is C14H15N3O4. The van der Waals surface area contributed by atoms with Gasteiger partial charge in [0.25, 0.3) is 11.2 Å². The molecule has 7 heteroatoms. The van der Waals surface area contributed by atoms with Crippen LogP contribution in [-0.2, 0) is 13.6 Å². The van der Waals surface area contributed by atoms with Crippen LogP contribution in [0.25, 0.3) is 0 Å². The number of carbonyl (C=O) groups is 1. The number of Topliss-reactive ketones (excluding diaryl/α,β-unsaturated/α-hetero) is 1. The molecule has 0 atom stereocenters. The molecule has 0 saturated carbocycles. The van der Waals surface area contributed by atoms with Crippen molar-refractivity contribution in [3.05, 3.63) is 61.8 Å². The van der Waals surface area contributed by atoms with E-state index in [1.54, 1.807) is 6.07 Å².